The molecule has 3 heterocycles. The molecule has 1 N–H and O–H groups in total. The van der Waals surface area contributed by atoms with Crippen LogP contribution in [0.2, 0.25) is 0 Å². The number of amides is 3. The molecule has 0 unspecified atom stereocenters. The Morgan fingerprint density at radius 2 is 1.94 bits per heavy atom. The molecule has 0 saturated carbocycles. The van der Waals surface area contributed by atoms with Gasteiger partial charge < -0.3 is 14.1 Å². The number of rotatable bonds is 8. The van der Waals surface area contributed by atoms with Crippen LogP contribution in [0.3, 0.4) is 0 Å². The number of carbonyl (C=O) groups excluding carboxylic acids is 4. The maximum absolute atomic E-state index is 12.9. The summed E-state index contributed by atoms with van der Waals surface area (Å²) in [5.74, 6) is -1.95. The molecular formula is C22H20N6O6. The molecule has 0 bridgehead atoms. The number of hydrogen-bond acceptors (Lipinski definition) is 9. The Labute approximate surface area is 193 Å². The molecule has 1 aliphatic heterocycles. The van der Waals surface area contributed by atoms with Crippen LogP contribution in [0.1, 0.15) is 18.6 Å². The summed E-state index contributed by atoms with van der Waals surface area (Å²) in [5.41, 5.74) is 0.533. The maximum Gasteiger partial charge on any atom is 0.357 e. The second kappa shape index (κ2) is 10.3. The van der Waals surface area contributed by atoms with Gasteiger partial charge in [0.05, 0.1) is 12.8 Å². The zero-order valence-electron chi connectivity index (χ0n) is 17.9. The molecule has 12 nitrogen and oxygen atoms in total. The largest absolute Gasteiger partial charge is 0.465 e. The highest BCUT2D eigenvalue weighted by atomic mass is 16.5. The summed E-state index contributed by atoms with van der Waals surface area (Å²) in [6.07, 6.45) is 3.85. The highest BCUT2D eigenvalue weighted by Crippen LogP contribution is 2.21. The maximum atomic E-state index is 12.9. The summed E-state index contributed by atoms with van der Waals surface area (Å²) < 4.78 is 11.6. The molecule has 3 aromatic rings. The lowest BCUT2D eigenvalue weighted by molar-refractivity contribution is -0.145. The number of imide groups is 1. The summed E-state index contributed by atoms with van der Waals surface area (Å²) in [5, 5.41) is 13.6. The summed E-state index contributed by atoms with van der Waals surface area (Å²) in [6.45, 7) is -0.490. The minimum absolute atomic E-state index is 0.111. The van der Waals surface area contributed by atoms with Gasteiger partial charge in [-0.2, -0.15) is 4.68 Å². The predicted octanol–water partition coefficient (Wildman–Crippen LogP) is 0.740. The summed E-state index contributed by atoms with van der Waals surface area (Å²) in [6, 6.07) is 12.2. The molecule has 1 aliphatic rings. The Morgan fingerprint density at radius 3 is 2.65 bits per heavy atom. The second-order valence-electron chi connectivity index (χ2n) is 7.29. The van der Waals surface area contributed by atoms with Gasteiger partial charge in [0.1, 0.15) is 5.76 Å². The van der Waals surface area contributed by atoms with Gasteiger partial charge in [0, 0.05) is 24.6 Å². The summed E-state index contributed by atoms with van der Waals surface area (Å²) in [7, 11) is 0. The first-order valence-corrected chi connectivity index (χ1v) is 10.4. The van der Waals surface area contributed by atoms with Crippen LogP contribution < -0.4 is 5.32 Å². The minimum Gasteiger partial charge on any atom is -0.465 e. The fourth-order valence-electron chi connectivity index (χ4n) is 3.31. The van der Waals surface area contributed by atoms with E-state index in [1.165, 1.54) is 21.9 Å². The van der Waals surface area contributed by atoms with Crippen molar-refractivity contribution in [2.24, 2.45) is 0 Å². The number of hydrogen-bond donors (Lipinski definition) is 1. The molecule has 0 aliphatic carbocycles. The van der Waals surface area contributed by atoms with Gasteiger partial charge in [0.25, 0.3) is 5.91 Å². The van der Waals surface area contributed by atoms with Gasteiger partial charge in [-0.05, 0) is 29.0 Å². The van der Waals surface area contributed by atoms with Crippen molar-refractivity contribution in [3.63, 3.8) is 0 Å². The van der Waals surface area contributed by atoms with E-state index in [1.54, 1.807) is 36.4 Å². The fourth-order valence-corrected chi connectivity index (χ4v) is 3.31. The van der Waals surface area contributed by atoms with Gasteiger partial charge in [0.15, 0.2) is 18.1 Å². The Kier molecular flexibility index (Phi) is 6.87. The van der Waals surface area contributed by atoms with Crippen LogP contribution in [-0.4, -0.2) is 68.5 Å². The second-order valence-corrected chi connectivity index (χ2v) is 7.29. The molecule has 1 aromatic carbocycles. The van der Waals surface area contributed by atoms with Crippen LogP contribution in [0.25, 0.3) is 23.2 Å². The van der Waals surface area contributed by atoms with Crippen LogP contribution in [0, 0.1) is 0 Å². The SMILES string of the molecule is O=C(COC(=O)/C(=C\c1ccco1)n1nnnc1-c1ccccc1)NC(=O)CN1CCCC1=O. The summed E-state index contributed by atoms with van der Waals surface area (Å²) >= 11 is 0. The van der Waals surface area contributed by atoms with Crippen LogP contribution in [0.4, 0.5) is 0 Å². The monoisotopic (exact) mass is 464 g/mol. The number of ether oxygens (including phenoxy) is 1. The quantitative estimate of drug-likeness (QED) is 0.376. The number of benzene rings is 1. The van der Waals surface area contributed by atoms with Crippen molar-refractivity contribution < 1.29 is 28.3 Å². The Morgan fingerprint density at radius 1 is 1.12 bits per heavy atom. The highest BCUT2D eigenvalue weighted by Gasteiger charge is 2.25. The van der Waals surface area contributed by atoms with Crippen LogP contribution in [-0.2, 0) is 23.9 Å². The lowest BCUT2D eigenvalue weighted by Crippen LogP contribution is -2.42. The number of likely N-dealkylation sites (tertiary alicyclic amines) is 1. The third-order valence-corrected chi connectivity index (χ3v) is 4.88. The van der Waals surface area contributed by atoms with Crippen LogP contribution in [0.15, 0.2) is 53.1 Å². The van der Waals surface area contributed by atoms with Crippen molar-refractivity contribution in [1.29, 1.82) is 0 Å². The number of tetrazole rings is 1. The van der Waals surface area contributed by atoms with Crippen molar-refractivity contribution in [3.8, 4) is 11.4 Å². The molecule has 0 atom stereocenters. The van der Waals surface area contributed by atoms with Crippen molar-refractivity contribution in [2.45, 2.75) is 12.8 Å². The number of carbonyl (C=O) groups is 4. The molecule has 2 aromatic heterocycles. The Balaban J connectivity index is 1.45. The minimum atomic E-state index is -0.918. The molecule has 0 spiro atoms. The first-order chi connectivity index (χ1) is 16.5. The molecule has 174 valence electrons. The van der Waals surface area contributed by atoms with E-state index in [0.717, 1.165) is 0 Å². The van der Waals surface area contributed by atoms with E-state index in [-0.39, 0.29) is 24.0 Å². The molecule has 0 radical (unpaired) electrons. The molecule has 34 heavy (non-hydrogen) atoms. The first kappa shape index (κ1) is 22.6. The predicted molar refractivity (Wildman–Crippen MR) is 116 cm³/mol. The molecule has 12 heteroatoms. The van der Waals surface area contributed by atoms with Gasteiger partial charge in [-0.25, -0.2) is 4.79 Å². The van der Waals surface area contributed by atoms with Crippen LogP contribution in [0.5, 0.6) is 0 Å². The van der Waals surface area contributed by atoms with Crippen molar-refractivity contribution >= 4 is 35.5 Å². The van der Waals surface area contributed by atoms with E-state index in [2.05, 4.69) is 20.8 Å². The molecule has 3 amide bonds. The van der Waals surface area contributed by atoms with Gasteiger partial charge in [-0.1, -0.05) is 30.3 Å². The van der Waals surface area contributed by atoms with Crippen LogP contribution >= 0.6 is 0 Å². The highest BCUT2D eigenvalue weighted by molar-refractivity contribution is 6.16. The number of furan rings is 1. The standard InChI is InChI=1S/C22H20N6O6/c29-18(13-27-10-4-9-20(27)31)23-19(30)14-34-22(32)17(12-16-8-5-11-33-16)28-21(24-25-26-28)15-6-2-1-3-7-15/h1-3,5-8,11-12H,4,9-10,13-14H2,(H,23,29,30)/b17-12+. The lowest BCUT2D eigenvalue weighted by Gasteiger charge is -2.14. The third kappa shape index (κ3) is 5.41. The zero-order chi connectivity index (χ0) is 23.9. The normalized spacial score (nSPS) is 13.7. The van der Waals surface area contributed by atoms with Gasteiger partial charge >= 0.3 is 5.97 Å². The van der Waals surface area contributed by atoms with Gasteiger partial charge in [0.2, 0.25) is 11.8 Å². The number of nitrogens with one attached hydrogen (secondary N) is 1. The smallest absolute Gasteiger partial charge is 0.357 e. The molecule has 1 saturated heterocycles. The average molecular weight is 464 g/mol. The van der Waals surface area contributed by atoms with E-state index in [9.17, 15) is 19.2 Å². The topological polar surface area (TPSA) is 150 Å². The van der Waals surface area contributed by atoms with Crippen molar-refractivity contribution in [3.05, 3.63) is 54.5 Å². The summed E-state index contributed by atoms with van der Waals surface area (Å²) in [4.78, 5) is 50.0. The van der Waals surface area contributed by atoms with Crippen molar-refractivity contribution in [1.82, 2.24) is 30.4 Å². The molecular weight excluding hydrogens is 444 g/mol. The van der Waals surface area contributed by atoms with Gasteiger partial charge in [-0.3, -0.25) is 19.7 Å². The Bertz CT molecular complexity index is 1220. The third-order valence-electron chi connectivity index (χ3n) is 4.88. The van der Waals surface area contributed by atoms with Gasteiger partial charge in [-0.15, -0.1) is 5.10 Å². The molecule has 1 fully saturated rings. The van der Waals surface area contributed by atoms with E-state index in [1.807, 2.05) is 6.07 Å². The number of nitrogens with zero attached hydrogens (tertiary/aromatic N) is 5. The fraction of sp³-hybridized carbons (Fsp3) is 0.227. The number of esters is 1. The number of aromatic nitrogens is 4. The zero-order valence-corrected chi connectivity index (χ0v) is 17.9. The van der Waals surface area contributed by atoms with E-state index >= 15 is 0 Å². The lowest BCUT2D eigenvalue weighted by atomic mass is 10.2. The average Bonchev–Trinajstić information content (AvgIpc) is 3.59. The van der Waals surface area contributed by atoms with E-state index in [0.29, 0.717) is 30.7 Å². The van der Waals surface area contributed by atoms with Crippen molar-refractivity contribution in [2.75, 3.05) is 19.7 Å². The van der Waals surface area contributed by atoms with E-state index in [4.69, 9.17) is 9.15 Å². The first-order valence-electron chi connectivity index (χ1n) is 10.4. The molecule has 4 rings (SSSR count). The Hall–Kier alpha value is -4.61. The van der Waals surface area contributed by atoms with E-state index < -0.39 is 24.4 Å².